The summed E-state index contributed by atoms with van der Waals surface area (Å²) in [5.41, 5.74) is 2.46. The second-order valence-electron chi connectivity index (χ2n) is 5.70. The van der Waals surface area contributed by atoms with Crippen molar-refractivity contribution < 1.29 is 9.72 Å². The van der Waals surface area contributed by atoms with Gasteiger partial charge in [-0.15, -0.1) is 11.3 Å². The highest BCUT2D eigenvalue weighted by molar-refractivity contribution is 9.10. The molecule has 0 aliphatic carbocycles. The summed E-state index contributed by atoms with van der Waals surface area (Å²) < 4.78 is 2.55. The zero-order valence-corrected chi connectivity index (χ0v) is 16.6. The molecule has 26 heavy (non-hydrogen) atoms. The maximum Gasteiger partial charge on any atom is 0.283 e. The van der Waals surface area contributed by atoms with Crippen molar-refractivity contribution in [2.75, 3.05) is 5.32 Å². The van der Waals surface area contributed by atoms with Crippen LogP contribution in [0.25, 0.3) is 11.1 Å². The van der Waals surface area contributed by atoms with E-state index in [9.17, 15) is 14.9 Å². The number of carbonyl (C=O) groups is 1. The number of benzene rings is 1. The number of nitro groups is 1. The quantitative estimate of drug-likeness (QED) is 0.476. The van der Waals surface area contributed by atoms with Gasteiger partial charge in [-0.1, -0.05) is 28.1 Å². The molecule has 3 rings (SSSR count). The van der Waals surface area contributed by atoms with E-state index in [1.54, 1.807) is 18.7 Å². The minimum atomic E-state index is -0.482. The summed E-state index contributed by atoms with van der Waals surface area (Å²) in [4.78, 5) is 23.9. The van der Waals surface area contributed by atoms with Gasteiger partial charge in [0, 0.05) is 23.2 Å². The summed E-state index contributed by atoms with van der Waals surface area (Å²) in [5.74, 6) is 0.149. The Morgan fingerprint density at radius 2 is 1.96 bits per heavy atom. The standard InChI is InChI=1S/C17H15BrN4O3S/c1-9-15(11-4-6-12(18)7-5-11)16(21(3)20-9)19-17(23)14-8-13(22(24)25)10(2)26-14/h4-8H,1-3H3,(H,19,23). The Morgan fingerprint density at radius 1 is 1.31 bits per heavy atom. The van der Waals surface area contributed by atoms with Crippen LogP contribution in [0.1, 0.15) is 20.2 Å². The lowest BCUT2D eigenvalue weighted by molar-refractivity contribution is -0.385. The van der Waals surface area contributed by atoms with E-state index in [0.29, 0.717) is 10.7 Å². The number of rotatable bonds is 4. The monoisotopic (exact) mass is 434 g/mol. The van der Waals surface area contributed by atoms with Crippen LogP contribution >= 0.6 is 27.3 Å². The third kappa shape index (κ3) is 3.40. The number of anilines is 1. The third-order valence-electron chi connectivity index (χ3n) is 3.90. The maximum atomic E-state index is 12.6. The zero-order valence-electron chi connectivity index (χ0n) is 14.2. The molecule has 0 aliphatic rings. The molecule has 1 N–H and O–H groups in total. The fourth-order valence-corrected chi connectivity index (χ4v) is 3.85. The molecule has 0 fully saturated rings. The van der Waals surface area contributed by atoms with E-state index in [2.05, 4.69) is 26.3 Å². The molecular formula is C17H15BrN4O3S. The number of aryl methyl sites for hydroxylation is 3. The number of thiophene rings is 1. The van der Waals surface area contributed by atoms with Crippen LogP contribution in [0.4, 0.5) is 11.5 Å². The smallest absolute Gasteiger partial charge is 0.283 e. The summed E-state index contributed by atoms with van der Waals surface area (Å²) in [7, 11) is 1.74. The first kappa shape index (κ1) is 18.3. The maximum absolute atomic E-state index is 12.6. The van der Waals surface area contributed by atoms with E-state index in [1.807, 2.05) is 31.2 Å². The highest BCUT2D eigenvalue weighted by Gasteiger charge is 2.22. The van der Waals surface area contributed by atoms with Gasteiger partial charge in [-0.25, -0.2) is 0 Å². The van der Waals surface area contributed by atoms with E-state index in [1.165, 1.54) is 6.07 Å². The highest BCUT2D eigenvalue weighted by Crippen LogP contribution is 2.33. The molecule has 7 nitrogen and oxygen atoms in total. The summed E-state index contributed by atoms with van der Waals surface area (Å²) in [6.45, 7) is 3.49. The molecule has 0 unspecified atom stereocenters. The Labute approximate surface area is 161 Å². The van der Waals surface area contributed by atoms with Crippen molar-refractivity contribution in [2.24, 2.45) is 7.05 Å². The molecule has 0 saturated carbocycles. The molecule has 134 valence electrons. The number of nitrogens with one attached hydrogen (secondary N) is 1. The number of amides is 1. The average Bonchev–Trinajstić information content (AvgIpc) is 3.09. The van der Waals surface area contributed by atoms with Gasteiger partial charge in [-0.05, 0) is 31.5 Å². The Kier molecular flexibility index (Phi) is 4.92. The molecule has 1 aromatic carbocycles. The lowest BCUT2D eigenvalue weighted by Crippen LogP contribution is -2.14. The lowest BCUT2D eigenvalue weighted by Gasteiger charge is -2.08. The Balaban J connectivity index is 1.97. The van der Waals surface area contributed by atoms with E-state index >= 15 is 0 Å². The second kappa shape index (κ2) is 7.00. The first-order valence-electron chi connectivity index (χ1n) is 7.63. The van der Waals surface area contributed by atoms with Crippen molar-refractivity contribution in [2.45, 2.75) is 13.8 Å². The van der Waals surface area contributed by atoms with Crippen LogP contribution < -0.4 is 5.32 Å². The molecule has 0 saturated heterocycles. The predicted molar refractivity (Wildman–Crippen MR) is 105 cm³/mol. The van der Waals surface area contributed by atoms with Crippen LogP contribution in [0, 0.1) is 24.0 Å². The van der Waals surface area contributed by atoms with E-state index in [4.69, 9.17) is 0 Å². The molecule has 0 bridgehead atoms. The topological polar surface area (TPSA) is 90.1 Å². The summed E-state index contributed by atoms with van der Waals surface area (Å²) in [5, 5.41) is 18.2. The molecular weight excluding hydrogens is 420 g/mol. The number of hydrogen-bond donors (Lipinski definition) is 1. The van der Waals surface area contributed by atoms with Gasteiger partial charge < -0.3 is 5.32 Å². The molecule has 0 spiro atoms. The van der Waals surface area contributed by atoms with Crippen molar-refractivity contribution in [1.29, 1.82) is 0 Å². The number of hydrogen-bond acceptors (Lipinski definition) is 5. The summed E-state index contributed by atoms with van der Waals surface area (Å²) in [6.07, 6.45) is 0. The molecule has 0 aliphatic heterocycles. The van der Waals surface area contributed by atoms with Gasteiger partial charge in [0.15, 0.2) is 0 Å². The fourth-order valence-electron chi connectivity index (χ4n) is 2.70. The Bertz CT molecular complexity index is 1010. The summed E-state index contributed by atoms with van der Waals surface area (Å²) >= 11 is 4.50. The first-order chi connectivity index (χ1) is 12.3. The predicted octanol–water partition coefficient (Wildman–Crippen LogP) is 4.69. The average molecular weight is 435 g/mol. The van der Waals surface area contributed by atoms with Gasteiger partial charge >= 0.3 is 0 Å². The molecule has 2 heterocycles. The van der Waals surface area contributed by atoms with E-state index in [0.717, 1.165) is 32.6 Å². The summed E-state index contributed by atoms with van der Waals surface area (Å²) in [6, 6.07) is 9.00. The van der Waals surface area contributed by atoms with Gasteiger partial charge in [-0.2, -0.15) is 5.10 Å². The molecule has 0 radical (unpaired) electrons. The van der Waals surface area contributed by atoms with Gasteiger partial charge in [0.1, 0.15) is 5.82 Å². The highest BCUT2D eigenvalue weighted by atomic mass is 79.9. The lowest BCUT2D eigenvalue weighted by atomic mass is 10.1. The van der Waals surface area contributed by atoms with Crippen molar-refractivity contribution in [1.82, 2.24) is 9.78 Å². The van der Waals surface area contributed by atoms with Crippen molar-refractivity contribution in [3.05, 3.63) is 60.4 Å². The molecule has 2 aromatic heterocycles. The fraction of sp³-hybridized carbons (Fsp3) is 0.176. The zero-order chi connectivity index (χ0) is 19.0. The van der Waals surface area contributed by atoms with Crippen LogP contribution in [-0.2, 0) is 7.05 Å². The normalized spacial score (nSPS) is 10.8. The second-order valence-corrected chi connectivity index (χ2v) is 7.87. The molecule has 1 amide bonds. The minimum Gasteiger partial charge on any atom is -0.306 e. The number of aromatic nitrogens is 2. The van der Waals surface area contributed by atoms with Gasteiger partial charge in [-0.3, -0.25) is 19.6 Å². The van der Waals surface area contributed by atoms with Gasteiger partial charge in [0.2, 0.25) is 0 Å². The molecule has 9 heteroatoms. The first-order valence-corrected chi connectivity index (χ1v) is 9.24. The van der Waals surface area contributed by atoms with Gasteiger partial charge in [0.05, 0.1) is 20.4 Å². The van der Waals surface area contributed by atoms with E-state index < -0.39 is 10.8 Å². The number of carbonyl (C=O) groups excluding carboxylic acids is 1. The Hall–Kier alpha value is -2.52. The van der Waals surface area contributed by atoms with Crippen LogP contribution in [-0.4, -0.2) is 20.6 Å². The molecule has 0 atom stereocenters. The van der Waals surface area contributed by atoms with Crippen LogP contribution in [0.3, 0.4) is 0 Å². The van der Waals surface area contributed by atoms with Crippen molar-refractivity contribution >= 4 is 44.7 Å². The molecule has 3 aromatic rings. The SMILES string of the molecule is Cc1nn(C)c(NC(=O)c2cc([N+](=O)[O-])c(C)s2)c1-c1ccc(Br)cc1. The van der Waals surface area contributed by atoms with Crippen LogP contribution in [0.15, 0.2) is 34.8 Å². The van der Waals surface area contributed by atoms with E-state index in [-0.39, 0.29) is 10.6 Å². The van der Waals surface area contributed by atoms with Crippen LogP contribution in [0.2, 0.25) is 0 Å². The largest absolute Gasteiger partial charge is 0.306 e. The van der Waals surface area contributed by atoms with Crippen LogP contribution in [0.5, 0.6) is 0 Å². The van der Waals surface area contributed by atoms with Crippen molar-refractivity contribution in [3.8, 4) is 11.1 Å². The Morgan fingerprint density at radius 3 is 2.54 bits per heavy atom. The minimum absolute atomic E-state index is 0.0468. The van der Waals surface area contributed by atoms with Crippen molar-refractivity contribution in [3.63, 3.8) is 0 Å². The number of nitrogens with zero attached hydrogens (tertiary/aromatic N) is 3. The third-order valence-corrected chi connectivity index (χ3v) is 5.47. The van der Waals surface area contributed by atoms with Gasteiger partial charge in [0.25, 0.3) is 11.6 Å². The number of halogens is 1.